The van der Waals surface area contributed by atoms with Gasteiger partial charge in [0, 0.05) is 19.6 Å². The third-order valence-corrected chi connectivity index (χ3v) is 3.87. The van der Waals surface area contributed by atoms with Crippen LogP contribution in [0.4, 0.5) is 5.69 Å². The summed E-state index contributed by atoms with van der Waals surface area (Å²) < 4.78 is 11.2. The van der Waals surface area contributed by atoms with E-state index in [2.05, 4.69) is 5.10 Å². The van der Waals surface area contributed by atoms with Gasteiger partial charge in [-0.05, 0) is 12.5 Å². The van der Waals surface area contributed by atoms with Gasteiger partial charge in [-0.25, -0.2) is 4.79 Å². The fourth-order valence-corrected chi connectivity index (χ4v) is 2.57. The molecule has 25 heavy (non-hydrogen) atoms. The zero-order chi connectivity index (χ0) is 18.2. The predicted molar refractivity (Wildman–Crippen MR) is 93.4 cm³/mol. The van der Waals surface area contributed by atoms with Crippen molar-refractivity contribution in [2.75, 3.05) is 25.7 Å². The van der Waals surface area contributed by atoms with Crippen LogP contribution in [-0.2, 0) is 27.4 Å². The maximum Gasteiger partial charge on any atom is 0.358 e. The molecule has 0 saturated carbocycles. The molecule has 7 nitrogen and oxygen atoms in total. The molecule has 1 aromatic carbocycles. The third kappa shape index (κ3) is 4.59. The summed E-state index contributed by atoms with van der Waals surface area (Å²) in [4.78, 5) is 25.7. The van der Waals surface area contributed by atoms with Gasteiger partial charge in [-0.2, -0.15) is 5.10 Å². The summed E-state index contributed by atoms with van der Waals surface area (Å²) in [6, 6.07) is 9.83. The summed E-state index contributed by atoms with van der Waals surface area (Å²) in [6.07, 6.45) is 1.84. The van der Waals surface area contributed by atoms with Crippen molar-refractivity contribution >= 4 is 17.6 Å². The van der Waals surface area contributed by atoms with Crippen molar-refractivity contribution in [2.24, 2.45) is 0 Å². The molecule has 0 amide bonds. The number of benzene rings is 1. The van der Waals surface area contributed by atoms with E-state index in [1.165, 1.54) is 14.2 Å². The summed E-state index contributed by atoms with van der Waals surface area (Å²) in [6.45, 7) is 3.39. The molecule has 0 radical (unpaired) electrons. The van der Waals surface area contributed by atoms with Gasteiger partial charge in [-0.3, -0.25) is 9.48 Å². The normalized spacial score (nSPS) is 10.4. The first-order chi connectivity index (χ1) is 12.1. The van der Waals surface area contributed by atoms with Crippen molar-refractivity contribution in [3.8, 4) is 0 Å². The molecule has 0 saturated heterocycles. The van der Waals surface area contributed by atoms with Crippen LogP contribution in [-0.4, -0.2) is 42.5 Å². The number of carbonyl (C=O) groups is 2. The Bertz CT molecular complexity index is 712. The Balaban J connectivity index is 2.35. The number of rotatable bonds is 8. The lowest BCUT2D eigenvalue weighted by atomic mass is 10.2. The van der Waals surface area contributed by atoms with Crippen LogP contribution in [0.1, 0.15) is 29.4 Å². The maximum absolute atomic E-state index is 12.2. The summed E-state index contributed by atoms with van der Waals surface area (Å²) in [5.74, 6) is -0.758. The molecule has 2 rings (SSSR count). The lowest BCUT2D eigenvalue weighted by Gasteiger charge is -2.24. The van der Waals surface area contributed by atoms with E-state index < -0.39 is 5.97 Å². The topological polar surface area (TPSA) is 73.7 Å². The van der Waals surface area contributed by atoms with Crippen LogP contribution < -0.4 is 4.90 Å². The summed E-state index contributed by atoms with van der Waals surface area (Å²) in [7, 11) is 2.70. The minimum absolute atomic E-state index is 0.210. The number of anilines is 1. The molecular formula is C18H23N3O4. The van der Waals surface area contributed by atoms with Crippen LogP contribution >= 0.6 is 0 Å². The number of aromatic nitrogens is 2. The number of esters is 2. The van der Waals surface area contributed by atoms with Gasteiger partial charge in [0.2, 0.25) is 0 Å². The highest BCUT2D eigenvalue weighted by Crippen LogP contribution is 2.24. The molecule has 1 aromatic heterocycles. The zero-order valence-electron chi connectivity index (χ0n) is 14.8. The molecule has 0 N–H and O–H groups in total. The van der Waals surface area contributed by atoms with E-state index in [1.807, 2.05) is 42.2 Å². The van der Waals surface area contributed by atoms with Gasteiger partial charge in [0.15, 0.2) is 5.69 Å². The molecule has 0 fully saturated rings. The Morgan fingerprint density at radius 2 is 1.88 bits per heavy atom. The van der Waals surface area contributed by atoms with Gasteiger partial charge in [-0.15, -0.1) is 0 Å². The van der Waals surface area contributed by atoms with E-state index in [-0.39, 0.29) is 12.4 Å². The second-order valence-corrected chi connectivity index (χ2v) is 5.42. The quantitative estimate of drug-likeness (QED) is 0.683. The smallest absolute Gasteiger partial charge is 0.358 e. The molecule has 0 spiro atoms. The van der Waals surface area contributed by atoms with Crippen molar-refractivity contribution < 1.29 is 19.1 Å². The zero-order valence-corrected chi connectivity index (χ0v) is 14.8. The van der Waals surface area contributed by atoms with Crippen LogP contribution in [0.15, 0.2) is 36.5 Å². The van der Waals surface area contributed by atoms with E-state index >= 15 is 0 Å². The van der Waals surface area contributed by atoms with Crippen LogP contribution in [0.5, 0.6) is 0 Å². The summed E-state index contributed by atoms with van der Waals surface area (Å²) in [5, 5.41) is 4.27. The standard InChI is InChI=1S/C18H23N3O4/c1-4-21-17(18(23)25-3)15(12-19-21)20(11-10-16(22)24-2)13-14-8-6-5-7-9-14/h5-9,12H,4,10-11,13H2,1-3H3. The molecule has 0 aliphatic rings. The minimum Gasteiger partial charge on any atom is -0.469 e. The van der Waals surface area contributed by atoms with Crippen LogP contribution in [0.25, 0.3) is 0 Å². The second kappa shape index (κ2) is 8.86. The minimum atomic E-state index is -0.453. The van der Waals surface area contributed by atoms with Crippen molar-refractivity contribution in [1.82, 2.24) is 9.78 Å². The lowest BCUT2D eigenvalue weighted by molar-refractivity contribution is -0.140. The van der Waals surface area contributed by atoms with Crippen LogP contribution in [0.3, 0.4) is 0 Å². The second-order valence-electron chi connectivity index (χ2n) is 5.42. The predicted octanol–water partition coefficient (Wildman–Crippen LogP) is 2.26. The van der Waals surface area contributed by atoms with E-state index in [0.717, 1.165) is 5.56 Å². The van der Waals surface area contributed by atoms with Gasteiger partial charge >= 0.3 is 11.9 Å². The maximum atomic E-state index is 12.2. The van der Waals surface area contributed by atoms with Crippen molar-refractivity contribution in [3.63, 3.8) is 0 Å². The number of hydrogen-bond acceptors (Lipinski definition) is 6. The van der Waals surface area contributed by atoms with Crippen LogP contribution in [0.2, 0.25) is 0 Å². The highest BCUT2D eigenvalue weighted by atomic mass is 16.5. The Kier molecular flexibility index (Phi) is 6.56. The molecule has 0 atom stereocenters. The first kappa shape index (κ1) is 18.5. The fraction of sp³-hybridized carbons (Fsp3) is 0.389. The number of methoxy groups -OCH3 is 2. The molecule has 0 unspecified atom stereocenters. The SMILES string of the molecule is CCn1ncc(N(CCC(=O)OC)Cc2ccccc2)c1C(=O)OC. The highest BCUT2D eigenvalue weighted by Gasteiger charge is 2.23. The van der Waals surface area contributed by atoms with Crippen molar-refractivity contribution in [2.45, 2.75) is 26.4 Å². The molecule has 0 aliphatic carbocycles. The van der Waals surface area contributed by atoms with Gasteiger partial charge in [-0.1, -0.05) is 30.3 Å². The Morgan fingerprint density at radius 1 is 1.16 bits per heavy atom. The molecule has 7 heteroatoms. The monoisotopic (exact) mass is 345 g/mol. The third-order valence-electron chi connectivity index (χ3n) is 3.87. The van der Waals surface area contributed by atoms with Gasteiger partial charge < -0.3 is 14.4 Å². The number of carbonyl (C=O) groups excluding carboxylic acids is 2. The fourth-order valence-electron chi connectivity index (χ4n) is 2.57. The molecule has 134 valence electrons. The Hall–Kier alpha value is -2.83. The summed E-state index contributed by atoms with van der Waals surface area (Å²) >= 11 is 0. The van der Waals surface area contributed by atoms with E-state index in [1.54, 1.807) is 10.9 Å². The molecule has 0 aliphatic heterocycles. The van der Waals surface area contributed by atoms with E-state index in [4.69, 9.17) is 9.47 Å². The van der Waals surface area contributed by atoms with E-state index in [0.29, 0.717) is 31.0 Å². The first-order valence-electron chi connectivity index (χ1n) is 8.10. The molecule has 0 bridgehead atoms. The van der Waals surface area contributed by atoms with Gasteiger partial charge in [0.1, 0.15) is 0 Å². The first-order valence-corrected chi connectivity index (χ1v) is 8.10. The average Bonchev–Trinajstić information content (AvgIpc) is 3.08. The Morgan fingerprint density at radius 3 is 2.48 bits per heavy atom. The summed E-state index contributed by atoms with van der Waals surface area (Å²) in [5.41, 5.74) is 2.08. The van der Waals surface area contributed by atoms with Gasteiger partial charge in [0.05, 0.1) is 32.5 Å². The van der Waals surface area contributed by atoms with Crippen LogP contribution in [0, 0.1) is 0 Å². The molecule has 2 aromatic rings. The van der Waals surface area contributed by atoms with Gasteiger partial charge in [0.25, 0.3) is 0 Å². The number of aryl methyl sites for hydroxylation is 1. The lowest BCUT2D eigenvalue weighted by Crippen LogP contribution is -2.28. The number of nitrogens with zero attached hydrogens (tertiary/aromatic N) is 3. The Labute approximate surface area is 147 Å². The van der Waals surface area contributed by atoms with Crippen molar-refractivity contribution in [3.05, 3.63) is 47.8 Å². The number of ether oxygens (including phenoxy) is 2. The highest BCUT2D eigenvalue weighted by molar-refractivity contribution is 5.94. The van der Waals surface area contributed by atoms with Crippen molar-refractivity contribution in [1.29, 1.82) is 0 Å². The number of hydrogen-bond donors (Lipinski definition) is 0. The largest absolute Gasteiger partial charge is 0.469 e. The molecular weight excluding hydrogens is 322 g/mol. The van der Waals surface area contributed by atoms with E-state index in [9.17, 15) is 9.59 Å². The molecule has 1 heterocycles. The average molecular weight is 345 g/mol.